The number of nitrogens with one attached hydrogen (secondary N) is 1. The van der Waals surface area contributed by atoms with Crippen LogP contribution < -0.4 is 15.6 Å². The number of hydrogen-bond donors (Lipinski definition) is 1. The summed E-state index contributed by atoms with van der Waals surface area (Å²) in [5, 5.41) is 10.9. The standard InChI is InChI=1S/C24H20F3N5O3/c1-16-14-21(32(29-16)18-7-5-6-17(15-18)24(25,26)27)28-23(34)20-10-11-22(33)31(30-20)12-13-35-19-8-3-2-4-9-19/h2-11,14-15H,12-13H2,1H3,(H,28,34). The molecule has 0 saturated carbocycles. The van der Waals surface area contributed by atoms with E-state index < -0.39 is 23.2 Å². The zero-order chi connectivity index (χ0) is 25.0. The van der Waals surface area contributed by atoms with Crippen LogP contribution in [0.3, 0.4) is 0 Å². The maximum atomic E-state index is 13.1. The third-order valence-corrected chi connectivity index (χ3v) is 4.91. The Balaban J connectivity index is 1.52. The highest BCUT2D eigenvalue weighted by molar-refractivity contribution is 6.02. The summed E-state index contributed by atoms with van der Waals surface area (Å²) in [4.78, 5) is 25.0. The molecular formula is C24H20F3N5O3. The largest absolute Gasteiger partial charge is 0.492 e. The van der Waals surface area contributed by atoms with Crippen LogP contribution in [-0.2, 0) is 12.7 Å². The van der Waals surface area contributed by atoms with Crippen molar-refractivity contribution in [2.45, 2.75) is 19.6 Å². The number of ether oxygens (including phenoxy) is 1. The fourth-order valence-electron chi connectivity index (χ4n) is 3.28. The summed E-state index contributed by atoms with van der Waals surface area (Å²) < 4.78 is 47.3. The lowest BCUT2D eigenvalue weighted by Crippen LogP contribution is -2.28. The molecule has 0 fully saturated rings. The van der Waals surface area contributed by atoms with Crippen molar-refractivity contribution in [1.29, 1.82) is 0 Å². The van der Waals surface area contributed by atoms with Crippen molar-refractivity contribution in [3.8, 4) is 11.4 Å². The summed E-state index contributed by atoms with van der Waals surface area (Å²) >= 11 is 0. The van der Waals surface area contributed by atoms with E-state index in [-0.39, 0.29) is 30.4 Å². The normalized spacial score (nSPS) is 11.3. The topological polar surface area (TPSA) is 91.0 Å². The van der Waals surface area contributed by atoms with Gasteiger partial charge in [0.05, 0.1) is 23.5 Å². The molecule has 11 heteroatoms. The van der Waals surface area contributed by atoms with Crippen molar-refractivity contribution in [3.63, 3.8) is 0 Å². The number of amides is 1. The van der Waals surface area contributed by atoms with E-state index in [1.165, 1.54) is 35.0 Å². The van der Waals surface area contributed by atoms with Gasteiger partial charge in [-0.1, -0.05) is 24.3 Å². The number of nitrogens with zero attached hydrogens (tertiary/aromatic N) is 4. The molecule has 0 aliphatic carbocycles. The summed E-state index contributed by atoms with van der Waals surface area (Å²) in [6, 6.07) is 17.6. The van der Waals surface area contributed by atoms with Gasteiger partial charge in [-0.15, -0.1) is 0 Å². The molecule has 35 heavy (non-hydrogen) atoms. The van der Waals surface area contributed by atoms with Crippen LogP contribution in [0.5, 0.6) is 5.75 Å². The number of aryl methyl sites for hydroxylation is 1. The quantitative estimate of drug-likeness (QED) is 0.428. The highest BCUT2D eigenvalue weighted by Crippen LogP contribution is 2.31. The molecule has 0 aliphatic rings. The molecule has 4 rings (SSSR count). The van der Waals surface area contributed by atoms with Crippen molar-refractivity contribution in [3.05, 3.63) is 100 Å². The number of halogens is 3. The molecule has 1 amide bonds. The Hall–Kier alpha value is -4.41. The van der Waals surface area contributed by atoms with Crippen LogP contribution in [0.15, 0.2) is 77.6 Å². The summed E-state index contributed by atoms with van der Waals surface area (Å²) in [5.74, 6) is 0.127. The Morgan fingerprint density at radius 2 is 1.77 bits per heavy atom. The van der Waals surface area contributed by atoms with Crippen LogP contribution in [0, 0.1) is 6.92 Å². The molecule has 0 bridgehead atoms. The minimum Gasteiger partial charge on any atom is -0.492 e. The third-order valence-electron chi connectivity index (χ3n) is 4.91. The summed E-state index contributed by atoms with van der Waals surface area (Å²) in [6.45, 7) is 1.91. The van der Waals surface area contributed by atoms with Gasteiger partial charge in [0.15, 0.2) is 0 Å². The lowest BCUT2D eigenvalue weighted by atomic mass is 10.2. The van der Waals surface area contributed by atoms with E-state index in [1.54, 1.807) is 19.1 Å². The Kier molecular flexibility index (Phi) is 6.67. The lowest BCUT2D eigenvalue weighted by Gasteiger charge is -2.12. The molecule has 8 nitrogen and oxygen atoms in total. The minimum absolute atomic E-state index is 0.0567. The van der Waals surface area contributed by atoms with Crippen molar-refractivity contribution in [2.75, 3.05) is 11.9 Å². The molecule has 4 aromatic rings. The average Bonchev–Trinajstić information content (AvgIpc) is 3.20. The van der Waals surface area contributed by atoms with Crippen LogP contribution >= 0.6 is 0 Å². The molecular weight excluding hydrogens is 463 g/mol. The highest BCUT2D eigenvalue weighted by atomic mass is 19.4. The number of alkyl halides is 3. The second-order valence-electron chi connectivity index (χ2n) is 7.53. The van der Waals surface area contributed by atoms with E-state index in [2.05, 4.69) is 15.5 Å². The van der Waals surface area contributed by atoms with Gasteiger partial charge in [-0.25, -0.2) is 9.36 Å². The van der Waals surface area contributed by atoms with Crippen LogP contribution in [0.4, 0.5) is 19.0 Å². The predicted molar refractivity (Wildman–Crippen MR) is 122 cm³/mol. The van der Waals surface area contributed by atoms with Gasteiger partial charge in [0, 0.05) is 12.1 Å². The van der Waals surface area contributed by atoms with Gasteiger partial charge in [0.2, 0.25) is 0 Å². The number of para-hydroxylation sites is 1. The van der Waals surface area contributed by atoms with Crippen LogP contribution in [-0.4, -0.2) is 32.1 Å². The summed E-state index contributed by atoms with van der Waals surface area (Å²) in [7, 11) is 0. The second-order valence-corrected chi connectivity index (χ2v) is 7.53. The average molecular weight is 483 g/mol. The van der Waals surface area contributed by atoms with Gasteiger partial charge < -0.3 is 10.1 Å². The summed E-state index contributed by atoms with van der Waals surface area (Å²) in [6.07, 6.45) is -4.52. The maximum Gasteiger partial charge on any atom is 0.416 e. The number of hydrogen-bond acceptors (Lipinski definition) is 5. The maximum absolute atomic E-state index is 13.1. The number of rotatable bonds is 7. The Morgan fingerprint density at radius 3 is 2.51 bits per heavy atom. The van der Waals surface area contributed by atoms with E-state index in [0.717, 1.165) is 16.8 Å². The molecule has 0 aliphatic heterocycles. The smallest absolute Gasteiger partial charge is 0.416 e. The molecule has 0 spiro atoms. The molecule has 2 aromatic heterocycles. The molecule has 0 atom stereocenters. The highest BCUT2D eigenvalue weighted by Gasteiger charge is 2.30. The van der Waals surface area contributed by atoms with E-state index in [9.17, 15) is 22.8 Å². The van der Waals surface area contributed by atoms with Gasteiger partial charge in [0.25, 0.3) is 11.5 Å². The third kappa shape index (κ3) is 5.75. The van der Waals surface area contributed by atoms with Gasteiger partial charge in [-0.05, 0) is 43.3 Å². The van der Waals surface area contributed by atoms with E-state index in [0.29, 0.717) is 11.4 Å². The van der Waals surface area contributed by atoms with Crippen molar-refractivity contribution >= 4 is 11.7 Å². The first kappa shape index (κ1) is 23.7. The number of carbonyl (C=O) groups excluding carboxylic acids is 1. The molecule has 1 N–H and O–H groups in total. The number of aromatic nitrogens is 4. The van der Waals surface area contributed by atoms with Crippen LogP contribution in [0.2, 0.25) is 0 Å². The summed E-state index contributed by atoms with van der Waals surface area (Å²) in [5.41, 5.74) is -0.707. The fraction of sp³-hybridized carbons (Fsp3) is 0.167. The van der Waals surface area contributed by atoms with Gasteiger partial charge in [-0.3, -0.25) is 9.59 Å². The van der Waals surface area contributed by atoms with Crippen LogP contribution in [0.1, 0.15) is 21.7 Å². The first-order chi connectivity index (χ1) is 16.7. The van der Waals surface area contributed by atoms with Crippen molar-refractivity contribution in [1.82, 2.24) is 19.6 Å². The molecule has 2 heterocycles. The number of benzene rings is 2. The van der Waals surface area contributed by atoms with E-state index in [1.807, 2.05) is 18.2 Å². The second kappa shape index (κ2) is 9.84. The van der Waals surface area contributed by atoms with Gasteiger partial charge in [0.1, 0.15) is 23.9 Å². The minimum atomic E-state index is -4.52. The van der Waals surface area contributed by atoms with E-state index in [4.69, 9.17) is 4.74 Å². The Bertz CT molecular complexity index is 1400. The first-order valence-corrected chi connectivity index (χ1v) is 10.5. The molecule has 0 unspecified atom stereocenters. The van der Waals surface area contributed by atoms with E-state index >= 15 is 0 Å². The monoisotopic (exact) mass is 483 g/mol. The number of anilines is 1. The molecule has 0 radical (unpaired) electrons. The van der Waals surface area contributed by atoms with Crippen molar-refractivity contribution in [2.24, 2.45) is 0 Å². The predicted octanol–water partition coefficient (Wildman–Crippen LogP) is 4.09. The molecule has 2 aromatic carbocycles. The SMILES string of the molecule is Cc1cc(NC(=O)c2ccc(=O)n(CCOc3ccccc3)n2)n(-c2cccc(C(F)(F)F)c2)n1. The Morgan fingerprint density at radius 1 is 1.00 bits per heavy atom. The van der Waals surface area contributed by atoms with Gasteiger partial charge >= 0.3 is 6.18 Å². The molecule has 0 saturated heterocycles. The zero-order valence-corrected chi connectivity index (χ0v) is 18.5. The lowest BCUT2D eigenvalue weighted by molar-refractivity contribution is -0.137. The van der Waals surface area contributed by atoms with Crippen molar-refractivity contribution < 1.29 is 22.7 Å². The Labute approximate surface area is 197 Å². The van der Waals surface area contributed by atoms with Gasteiger partial charge in [-0.2, -0.15) is 23.4 Å². The number of carbonyl (C=O) groups is 1. The first-order valence-electron chi connectivity index (χ1n) is 10.5. The van der Waals surface area contributed by atoms with Crippen LogP contribution in [0.25, 0.3) is 5.69 Å². The fourth-order valence-corrected chi connectivity index (χ4v) is 3.28. The zero-order valence-electron chi connectivity index (χ0n) is 18.5. The molecule has 180 valence electrons.